The highest BCUT2D eigenvalue weighted by Gasteiger charge is 2.35. The maximum absolute atomic E-state index is 12.8. The van der Waals surface area contributed by atoms with Gasteiger partial charge in [0.1, 0.15) is 4.21 Å². The van der Waals surface area contributed by atoms with E-state index in [9.17, 15) is 13.2 Å². The van der Waals surface area contributed by atoms with Gasteiger partial charge >= 0.3 is 0 Å². The monoisotopic (exact) mass is 421 g/mol. The van der Waals surface area contributed by atoms with Gasteiger partial charge in [-0.05, 0) is 43.7 Å². The molecule has 0 atom stereocenters. The molecular weight excluding hydrogens is 394 g/mol. The lowest BCUT2D eigenvalue weighted by atomic mass is 9.98. The van der Waals surface area contributed by atoms with E-state index < -0.39 is 10.0 Å². The third-order valence-electron chi connectivity index (χ3n) is 5.47. The van der Waals surface area contributed by atoms with Crippen molar-refractivity contribution in [2.24, 2.45) is 11.7 Å². The molecule has 1 aliphatic heterocycles. The summed E-state index contributed by atoms with van der Waals surface area (Å²) in [5.41, 5.74) is 5.53. The summed E-state index contributed by atoms with van der Waals surface area (Å²) >= 11 is 1.05. The van der Waals surface area contributed by atoms with Crippen LogP contribution >= 0.6 is 23.7 Å². The van der Waals surface area contributed by atoms with E-state index in [1.807, 2.05) is 0 Å². The van der Waals surface area contributed by atoms with Crippen molar-refractivity contribution in [2.75, 3.05) is 19.6 Å². The molecule has 1 saturated carbocycles. The highest BCUT2D eigenvalue weighted by molar-refractivity contribution is 7.91. The van der Waals surface area contributed by atoms with Crippen molar-refractivity contribution in [2.45, 2.75) is 55.2 Å². The van der Waals surface area contributed by atoms with Crippen molar-refractivity contribution in [3.05, 3.63) is 17.0 Å². The third-order valence-corrected chi connectivity index (χ3v) is 8.92. The van der Waals surface area contributed by atoms with Crippen LogP contribution in [0.15, 0.2) is 16.3 Å². The standard InChI is InChI=1S/C17H27N3O3S2.ClH/c1-13-6-10-20(11-7-13)25(22,23)15-5-4-14(24-15)16(21)19-17(12-18)8-2-3-9-17;/h4-5,13H,2-3,6-12,18H2,1H3,(H,19,21);1H. The quantitative estimate of drug-likeness (QED) is 0.764. The van der Waals surface area contributed by atoms with Gasteiger partial charge in [-0.1, -0.05) is 19.8 Å². The lowest BCUT2D eigenvalue weighted by Gasteiger charge is -2.29. The summed E-state index contributed by atoms with van der Waals surface area (Å²) in [5.74, 6) is 0.348. The minimum Gasteiger partial charge on any atom is -0.345 e. The molecule has 1 amide bonds. The van der Waals surface area contributed by atoms with Crippen LogP contribution in [0.4, 0.5) is 0 Å². The summed E-state index contributed by atoms with van der Waals surface area (Å²) in [6.45, 7) is 3.67. The zero-order chi connectivity index (χ0) is 18.1. The summed E-state index contributed by atoms with van der Waals surface area (Å²) in [7, 11) is -3.50. The minimum atomic E-state index is -3.50. The molecule has 2 heterocycles. The van der Waals surface area contributed by atoms with Crippen LogP contribution in [0, 0.1) is 5.92 Å². The van der Waals surface area contributed by atoms with E-state index in [0.717, 1.165) is 49.9 Å². The van der Waals surface area contributed by atoms with E-state index in [4.69, 9.17) is 5.73 Å². The van der Waals surface area contributed by atoms with Gasteiger partial charge in [0, 0.05) is 19.6 Å². The van der Waals surface area contributed by atoms with E-state index in [0.29, 0.717) is 30.4 Å². The first-order valence-corrected chi connectivity index (χ1v) is 11.2. The summed E-state index contributed by atoms with van der Waals surface area (Å²) in [6.07, 6.45) is 5.67. The highest BCUT2D eigenvalue weighted by atomic mass is 35.5. The van der Waals surface area contributed by atoms with Gasteiger partial charge in [-0.15, -0.1) is 23.7 Å². The Morgan fingerprint density at radius 3 is 2.50 bits per heavy atom. The van der Waals surface area contributed by atoms with Crippen LogP contribution in [0.1, 0.15) is 55.1 Å². The minimum absolute atomic E-state index is 0. The molecule has 1 aliphatic carbocycles. The Hall–Kier alpha value is -0.670. The molecule has 0 bridgehead atoms. The molecule has 148 valence electrons. The van der Waals surface area contributed by atoms with E-state index in [-0.39, 0.29) is 28.1 Å². The van der Waals surface area contributed by atoms with E-state index >= 15 is 0 Å². The molecule has 3 N–H and O–H groups in total. The summed E-state index contributed by atoms with van der Waals surface area (Å²) < 4.78 is 27.3. The van der Waals surface area contributed by atoms with Gasteiger partial charge in [-0.3, -0.25) is 4.79 Å². The Morgan fingerprint density at radius 2 is 1.92 bits per heavy atom. The molecule has 2 fully saturated rings. The molecule has 3 rings (SSSR count). The van der Waals surface area contributed by atoms with Gasteiger partial charge in [-0.2, -0.15) is 4.31 Å². The summed E-state index contributed by atoms with van der Waals surface area (Å²) in [5, 5.41) is 3.05. The van der Waals surface area contributed by atoms with Gasteiger partial charge < -0.3 is 11.1 Å². The highest BCUT2D eigenvalue weighted by Crippen LogP contribution is 2.31. The van der Waals surface area contributed by atoms with Crippen LogP contribution < -0.4 is 11.1 Å². The van der Waals surface area contributed by atoms with Gasteiger partial charge in [0.2, 0.25) is 0 Å². The molecule has 0 radical (unpaired) electrons. The normalized spacial score (nSPS) is 21.3. The maximum Gasteiger partial charge on any atom is 0.261 e. The SMILES string of the molecule is CC1CCN(S(=O)(=O)c2ccc(C(=O)NC3(CN)CCCC3)s2)CC1.Cl. The molecule has 0 unspecified atom stereocenters. The van der Waals surface area contributed by atoms with Crippen LogP contribution in [0.2, 0.25) is 0 Å². The van der Waals surface area contributed by atoms with Crippen molar-refractivity contribution in [3.63, 3.8) is 0 Å². The number of nitrogens with zero attached hydrogens (tertiary/aromatic N) is 1. The fourth-order valence-corrected chi connectivity index (χ4v) is 6.49. The maximum atomic E-state index is 12.8. The Bertz CT molecular complexity index is 721. The van der Waals surface area contributed by atoms with Crippen molar-refractivity contribution >= 4 is 39.7 Å². The van der Waals surface area contributed by atoms with Gasteiger partial charge in [0.25, 0.3) is 15.9 Å². The molecule has 1 aromatic heterocycles. The van der Waals surface area contributed by atoms with E-state index in [1.165, 1.54) is 0 Å². The fraction of sp³-hybridized carbons (Fsp3) is 0.706. The fourth-order valence-electron chi connectivity index (χ4n) is 3.67. The molecule has 1 aromatic rings. The first kappa shape index (κ1) is 21.6. The Balaban J connectivity index is 0.00000243. The number of rotatable bonds is 5. The number of sulfonamides is 1. The van der Waals surface area contributed by atoms with Crippen LogP contribution in [0.25, 0.3) is 0 Å². The number of carbonyl (C=O) groups excluding carboxylic acids is 1. The van der Waals surface area contributed by atoms with Crippen molar-refractivity contribution in [1.82, 2.24) is 9.62 Å². The average Bonchev–Trinajstić information content (AvgIpc) is 3.25. The molecule has 9 heteroatoms. The van der Waals surface area contributed by atoms with Crippen LogP contribution in [-0.2, 0) is 10.0 Å². The van der Waals surface area contributed by atoms with Gasteiger partial charge in [0.15, 0.2) is 0 Å². The van der Waals surface area contributed by atoms with E-state index in [2.05, 4.69) is 12.2 Å². The number of carbonyl (C=O) groups is 1. The van der Waals surface area contributed by atoms with Crippen molar-refractivity contribution < 1.29 is 13.2 Å². The lowest BCUT2D eigenvalue weighted by molar-refractivity contribution is 0.0907. The predicted octanol–water partition coefficient (Wildman–Crippen LogP) is 2.59. The van der Waals surface area contributed by atoms with Crippen LogP contribution in [0.3, 0.4) is 0 Å². The van der Waals surface area contributed by atoms with Crippen molar-refractivity contribution in [1.29, 1.82) is 0 Å². The number of hydrogen-bond acceptors (Lipinski definition) is 5. The first-order chi connectivity index (χ1) is 11.9. The lowest BCUT2D eigenvalue weighted by Crippen LogP contribution is -2.51. The molecule has 26 heavy (non-hydrogen) atoms. The van der Waals surface area contributed by atoms with Crippen LogP contribution in [0.5, 0.6) is 0 Å². The second-order valence-corrected chi connectivity index (χ2v) is 10.6. The number of nitrogens with one attached hydrogen (secondary N) is 1. The second-order valence-electron chi connectivity index (χ2n) is 7.35. The molecule has 2 aliphatic rings. The largest absolute Gasteiger partial charge is 0.345 e. The smallest absolute Gasteiger partial charge is 0.261 e. The molecule has 6 nitrogen and oxygen atoms in total. The number of thiophene rings is 1. The number of halogens is 1. The zero-order valence-corrected chi connectivity index (χ0v) is 17.5. The van der Waals surface area contributed by atoms with Crippen LogP contribution in [-0.4, -0.2) is 43.8 Å². The topological polar surface area (TPSA) is 92.5 Å². The number of hydrogen-bond donors (Lipinski definition) is 2. The summed E-state index contributed by atoms with van der Waals surface area (Å²) in [6, 6.07) is 3.16. The molecular formula is C17H28ClN3O3S2. The first-order valence-electron chi connectivity index (χ1n) is 8.99. The molecule has 0 spiro atoms. The van der Waals surface area contributed by atoms with Gasteiger partial charge in [-0.25, -0.2) is 8.42 Å². The number of amides is 1. The Kier molecular flexibility index (Phi) is 7.12. The van der Waals surface area contributed by atoms with Crippen molar-refractivity contribution in [3.8, 4) is 0 Å². The molecule has 1 saturated heterocycles. The number of piperidine rings is 1. The number of nitrogens with two attached hydrogens (primary N) is 1. The predicted molar refractivity (Wildman–Crippen MR) is 106 cm³/mol. The average molecular weight is 422 g/mol. The zero-order valence-electron chi connectivity index (χ0n) is 15.1. The molecule has 0 aromatic carbocycles. The Labute approximate surface area is 166 Å². The second kappa shape index (κ2) is 8.56. The van der Waals surface area contributed by atoms with Gasteiger partial charge in [0.05, 0.1) is 10.4 Å². The van der Waals surface area contributed by atoms with E-state index in [1.54, 1.807) is 16.4 Å². The summed E-state index contributed by atoms with van der Waals surface area (Å²) in [4.78, 5) is 13.0. The third kappa shape index (κ3) is 4.42. The Morgan fingerprint density at radius 1 is 1.31 bits per heavy atom.